The van der Waals surface area contributed by atoms with Gasteiger partial charge in [0.1, 0.15) is 0 Å². The molecule has 0 atom stereocenters. The number of hydrogen-bond acceptors (Lipinski definition) is 2. The van der Waals surface area contributed by atoms with Crippen molar-refractivity contribution in [2.45, 2.75) is 0 Å². The fraction of sp³-hybridized carbons (Fsp3) is 0.750. The van der Waals surface area contributed by atoms with Gasteiger partial charge in [0.2, 0.25) is 0 Å². The molecule has 66 valence electrons. The number of piperazine rings is 1. The van der Waals surface area contributed by atoms with Gasteiger partial charge in [0, 0.05) is 26.2 Å². The van der Waals surface area contributed by atoms with E-state index in [2.05, 4.69) is 34.2 Å². The first-order valence-corrected chi connectivity index (χ1v) is 6.22. The van der Waals surface area contributed by atoms with Crippen molar-refractivity contribution in [2.24, 2.45) is 0 Å². The van der Waals surface area contributed by atoms with Crippen molar-refractivity contribution >= 4 is 21.1 Å². The fourth-order valence-electron chi connectivity index (χ4n) is 1.23. The zero-order valence-corrected chi connectivity index (χ0v) is 8.36. The van der Waals surface area contributed by atoms with E-state index in [1.165, 1.54) is 0 Å². The van der Waals surface area contributed by atoms with Crippen LogP contribution in [-0.2, 0) is 0 Å². The van der Waals surface area contributed by atoms with Gasteiger partial charge in [0.05, 0.1) is 0 Å². The maximum Gasteiger partial charge on any atom is 0.0208 e. The van der Waals surface area contributed by atoms with Crippen LogP contribution in [0.5, 0.6) is 0 Å². The normalized spacial score (nSPS) is 23.8. The molecule has 1 heterocycles. The number of rotatable bonds is 1. The Morgan fingerprint density at radius 2 is 1.55 bits per heavy atom. The van der Waals surface area contributed by atoms with Gasteiger partial charge >= 0.3 is 0 Å². The highest BCUT2D eigenvalue weighted by Gasteiger charge is 2.14. The largest absolute Gasteiger partial charge is 0.304 e. The van der Waals surface area contributed by atoms with Gasteiger partial charge in [-0.3, -0.25) is 4.31 Å². The van der Waals surface area contributed by atoms with Crippen molar-refractivity contribution in [3.63, 3.8) is 0 Å². The second-order valence-electron chi connectivity index (χ2n) is 3.45. The highest BCUT2D eigenvalue weighted by molar-refractivity contribution is 8.25. The van der Waals surface area contributed by atoms with E-state index in [0.29, 0.717) is 0 Å². The lowest BCUT2D eigenvalue weighted by Gasteiger charge is -2.35. The lowest BCUT2D eigenvalue weighted by atomic mass is 10.4. The van der Waals surface area contributed by atoms with E-state index in [0.717, 1.165) is 26.2 Å². The van der Waals surface area contributed by atoms with E-state index in [1.807, 2.05) is 0 Å². The first kappa shape index (κ1) is 9.10. The third kappa shape index (κ3) is 2.51. The molecule has 0 aromatic heterocycles. The molecule has 0 unspecified atom stereocenters. The molecule has 1 aliphatic heterocycles. The van der Waals surface area contributed by atoms with Gasteiger partial charge in [-0.25, -0.2) is 0 Å². The summed E-state index contributed by atoms with van der Waals surface area (Å²) < 4.78 is 2.41. The molecule has 0 radical (unpaired) electrons. The summed E-state index contributed by atoms with van der Waals surface area (Å²) in [4.78, 5) is 2.35. The van der Waals surface area contributed by atoms with Crippen molar-refractivity contribution < 1.29 is 0 Å². The highest BCUT2D eigenvalue weighted by atomic mass is 32.2. The molecule has 0 aromatic rings. The van der Waals surface area contributed by atoms with Gasteiger partial charge in [-0.1, -0.05) is 11.7 Å². The molecule has 0 saturated carbocycles. The fourth-order valence-corrected chi connectivity index (χ4v) is 2.27. The van der Waals surface area contributed by atoms with E-state index in [-0.39, 0.29) is 0 Å². The Bertz CT molecular complexity index is 210. The molecule has 1 aliphatic rings. The Morgan fingerprint density at radius 3 is 1.91 bits per heavy atom. The van der Waals surface area contributed by atoms with Crippen molar-refractivity contribution in [2.75, 3.05) is 39.5 Å². The molecule has 2 nitrogen and oxygen atoms in total. The van der Waals surface area contributed by atoms with E-state index >= 15 is 0 Å². The summed E-state index contributed by atoms with van der Waals surface area (Å²) in [6, 6.07) is 0. The molecule has 0 bridgehead atoms. The SMILES string of the molecule is C=S(=C)(C)N1CCN(C)CC1. The van der Waals surface area contributed by atoms with Crippen LogP contribution in [0.3, 0.4) is 0 Å². The van der Waals surface area contributed by atoms with Crippen molar-refractivity contribution in [3.05, 3.63) is 0 Å². The molecular weight excluding hydrogens is 156 g/mol. The molecule has 0 amide bonds. The first-order valence-electron chi connectivity index (χ1n) is 3.88. The lowest BCUT2D eigenvalue weighted by Crippen LogP contribution is -2.42. The Kier molecular flexibility index (Phi) is 2.62. The molecule has 0 N–H and O–H groups in total. The van der Waals surface area contributed by atoms with E-state index in [9.17, 15) is 0 Å². The third-order valence-corrected chi connectivity index (χ3v) is 3.70. The second-order valence-corrected chi connectivity index (χ2v) is 6.42. The summed E-state index contributed by atoms with van der Waals surface area (Å²) in [7, 11) is 1.22. The molecule has 3 heteroatoms. The molecule has 0 aromatic carbocycles. The minimum absolute atomic E-state index is 0.943. The zero-order valence-electron chi connectivity index (χ0n) is 7.55. The van der Waals surface area contributed by atoms with Crippen LogP contribution in [0.15, 0.2) is 0 Å². The van der Waals surface area contributed by atoms with Gasteiger partial charge in [0.15, 0.2) is 0 Å². The van der Waals surface area contributed by atoms with Gasteiger partial charge in [-0.15, -0.1) is 0 Å². The molecule has 11 heavy (non-hydrogen) atoms. The average molecular weight is 174 g/mol. The maximum atomic E-state index is 4.10. The third-order valence-electron chi connectivity index (χ3n) is 2.09. The standard InChI is InChI=1S/C8H18N2S/c1-9-5-7-10(8-6-9)11(2,3)4/h2-3,5-8H2,1,4H3. The first-order chi connectivity index (χ1) is 5.00. The van der Waals surface area contributed by atoms with E-state index in [1.54, 1.807) is 0 Å². The predicted molar refractivity (Wildman–Crippen MR) is 56.8 cm³/mol. The van der Waals surface area contributed by atoms with Crippen LogP contribution < -0.4 is 0 Å². The monoisotopic (exact) mass is 174 g/mol. The molecule has 1 saturated heterocycles. The Balaban J connectivity index is 2.53. The minimum atomic E-state index is -0.943. The quantitative estimate of drug-likeness (QED) is 0.533. The Hall–Kier alpha value is 0.01000. The highest BCUT2D eigenvalue weighted by Crippen LogP contribution is 2.21. The summed E-state index contributed by atoms with van der Waals surface area (Å²) in [5.74, 6) is 8.20. The van der Waals surface area contributed by atoms with E-state index in [4.69, 9.17) is 0 Å². The van der Waals surface area contributed by atoms with Gasteiger partial charge in [0.25, 0.3) is 0 Å². The minimum Gasteiger partial charge on any atom is -0.304 e. The number of likely N-dealkylation sites (N-methyl/N-ethyl adjacent to an activating group) is 1. The lowest BCUT2D eigenvalue weighted by molar-refractivity contribution is 0.233. The Labute approximate surface area is 70.4 Å². The topological polar surface area (TPSA) is 6.48 Å². The van der Waals surface area contributed by atoms with Crippen molar-refractivity contribution in [1.82, 2.24) is 9.21 Å². The Morgan fingerprint density at radius 1 is 1.09 bits per heavy atom. The van der Waals surface area contributed by atoms with Crippen LogP contribution in [-0.4, -0.2) is 60.4 Å². The van der Waals surface area contributed by atoms with Crippen molar-refractivity contribution in [1.29, 1.82) is 0 Å². The number of nitrogens with zero attached hydrogens (tertiary/aromatic N) is 2. The van der Waals surface area contributed by atoms with Crippen LogP contribution >= 0.6 is 9.39 Å². The van der Waals surface area contributed by atoms with Crippen LogP contribution in [0, 0.1) is 0 Å². The van der Waals surface area contributed by atoms with Crippen LogP contribution in [0.2, 0.25) is 0 Å². The molecule has 0 aliphatic carbocycles. The maximum absolute atomic E-state index is 4.10. The van der Waals surface area contributed by atoms with E-state index < -0.39 is 9.39 Å². The smallest absolute Gasteiger partial charge is 0.0208 e. The summed E-state index contributed by atoms with van der Waals surface area (Å²) >= 11 is 0. The summed E-state index contributed by atoms with van der Waals surface area (Å²) in [5, 5.41) is 0. The molecule has 0 spiro atoms. The van der Waals surface area contributed by atoms with Crippen LogP contribution in [0.1, 0.15) is 0 Å². The van der Waals surface area contributed by atoms with Gasteiger partial charge in [-0.05, 0) is 13.3 Å². The van der Waals surface area contributed by atoms with Crippen molar-refractivity contribution in [3.8, 4) is 0 Å². The second kappa shape index (κ2) is 3.17. The summed E-state index contributed by atoms with van der Waals surface area (Å²) in [6.45, 7) is 4.59. The predicted octanol–water partition coefficient (Wildman–Crippen LogP) is 0.447. The molecule has 1 fully saturated rings. The van der Waals surface area contributed by atoms with Gasteiger partial charge < -0.3 is 4.90 Å². The van der Waals surface area contributed by atoms with Crippen LogP contribution in [0.4, 0.5) is 0 Å². The molecular formula is C8H18N2S. The summed E-state index contributed by atoms with van der Waals surface area (Å²) in [6.07, 6.45) is 2.15. The average Bonchev–Trinajstić information content (AvgIpc) is 1.86. The van der Waals surface area contributed by atoms with Crippen LogP contribution in [0.25, 0.3) is 0 Å². The number of hydrogen-bond donors (Lipinski definition) is 0. The zero-order chi connectivity index (χ0) is 8.48. The molecule has 1 rings (SSSR count). The summed E-state index contributed by atoms with van der Waals surface area (Å²) in [5.41, 5.74) is 0. The van der Waals surface area contributed by atoms with Gasteiger partial charge in [-0.2, -0.15) is 9.39 Å².